The van der Waals surface area contributed by atoms with Crippen LogP contribution >= 0.6 is 0 Å². The van der Waals surface area contributed by atoms with Gasteiger partial charge in [-0.2, -0.15) is 0 Å². The van der Waals surface area contributed by atoms with Gasteiger partial charge in [-0.15, -0.1) is 0 Å². The van der Waals surface area contributed by atoms with Gasteiger partial charge < -0.3 is 4.74 Å². The van der Waals surface area contributed by atoms with Crippen LogP contribution in [-0.4, -0.2) is 13.7 Å². The van der Waals surface area contributed by atoms with Crippen LogP contribution in [-0.2, 0) is 4.74 Å². The van der Waals surface area contributed by atoms with E-state index in [9.17, 15) is 0 Å². The van der Waals surface area contributed by atoms with E-state index in [1.165, 1.54) is 25.7 Å². The maximum atomic E-state index is 5.14. The molecule has 0 saturated heterocycles. The molecule has 1 heteroatoms. The fourth-order valence-electron chi connectivity index (χ4n) is 1.85. The maximum absolute atomic E-state index is 5.14. The average molecular weight is 156 g/mol. The number of unbranched alkanes of at least 4 members (excludes halogenated alkanes) is 1. The van der Waals surface area contributed by atoms with Gasteiger partial charge in [-0.1, -0.05) is 26.7 Å². The van der Waals surface area contributed by atoms with Crippen LogP contribution < -0.4 is 0 Å². The number of rotatable bonds is 5. The van der Waals surface area contributed by atoms with Crippen molar-refractivity contribution in [3.05, 3.63) is 0 Å². The molecule has 2 atom stereocenters. The van der Waals surface area contributed by atoms with Crippen molar-refractivity contribution in [2.75, 3.05) is 13.7 Å². The lowest BCUT2D eigenvalue weighted by molar-refractivity contribution is 0.170. The smallest absolute Gasteiger partial charge is 0.0495 e. The summed E-state index contributed by atoms with van der Waals surface area (Å²) in [4.78, 5) is 0. The second-order valence-electron chi connectivity index (χ2n) is 4.11. The van der Waals surface area contributed by atoms with Gasteiger partial charge in [-0.3, -0.25) is 0 Å². The Bertz CT molecular complexity index is 122. The van der Waals surface area contributed by atoms with Gasteiger partial charge in [0.1, 0.15) is 0 Å². The molecule has 1 aliphatic rings. The Morgan fingerprint density at radius 3 is 2.82 bits per heavy atom. The third-order valence-corrected chi connectivity index (χ3v) is 3.01. The molecule has 1 nitrogen and oxygen atoms in total. The molecule has 1 aliphatic carbocycles. The molecule has 0 aromatic heterocycles. The molecular formula is C10H20O. The van der Waals surface area contributed by atoms with Gasteiger partial charge in [-0.25, -0.2) is 0 Å². The molecule has 0 spiro atoms. The molecule has 0 aromatic rings. The molecule has 2 unspecified atom stereocenters. The maximum Gasteiger partial charge on any atom is 0.0495 e. The Morgan fingerprint density at radius 2 is 2.27 bits per heavy atom. The average Bonchev–Trinajstić information content (AvgIpc) is 2.60. The van der Waals surface area contributed by atoms with Crippen LogP contribution in [0, 0.1) is 11.3 Å². The minimum Gasteiger partial charge on any atom is -0.384 e. The van der Waals surface area contributed by atoms with E-state index >= 15 is 0 Å². The van der Waals surface area contributed by atoms with E-state index in [1.54, 1.807) is 7.11 Å². The van der Waals surface area contributed by atoms with Gasteiger partial charge in [0.15, 0.2) is 0 Å². The van der Waals surface area contributed by atoms with Crippen molar-refractivity contribution in [2.24, 2.45) is 11.3 Å². The van der Waals surface area contributed by atoms with Gasteiger partial charge in [0.25, 0.3) is 0 Å². The zero-order valence-corrected chi connectivity index (χ0v) is 8.02. The summed E-state index contributed by atoms with van der Waals surface area (Å²) in [5.74, 6) is 0.860. The van der Waals surface area contributed by atoms with Gasteiger partial charge in [0.05, 0.1) is 0 Å². The van der Waals surface area contributed by atoms with Gasteiger partial charge in [0.2, 0.25) is 0 Å². The first-order chi connectivity index (χ1) is 5.23. The molecule has 1 fully saturated rings. The summed E-state index contributed by atoms with van der Waals surface area (Å²) in [5, 5.41) is 0. The quantitative estimate of drug-likeness (QED) is 0.594. The SMILES string of the molecule is CCCCC1(C)CC1COC. The summed E-state index contributed by atoms with van der Waals surface area (Å²) in [5.41, 5.74) is 0.645. The molecule has 0 radical (unpaired) electrons. The van der Waals surface area contributed by atoms with Gasteiger partial charge in [-0.05, 0) is 24.2 Å². The third kappa shape index (κ3) is 2.19. The van der Waals surface area contributed by atoms with Crippen molar-refractivity contribution in [1.29, 1.82) is 0 Å². The molecule has 1 rings (SSSR count). The summed E-state index contributed by atoms with van der Waals surface area (Å²) in [6.45, 7) is 5.63. The summed E-state index contributed by atoms with van der Waals surface area (Å²) in [7, 11) is 1.80. The number of hydrogen-bond acceptors (Lipinski definition) is 1. The Morgan fingerprint density at radius 1 is 1.55 bits per heavy atom. The van der Waals surface area contributed by atoms with Crippen LogP contribution in [0.1, 0.15) is 39.5 Å². The lowest BCUT2D eigenvalue weighted by Crippen LogP contribution is -2.02. The van der Waals surface area contributed by atoms with Crippen LogP contribution in [0.5, 0.6) is 0 Å². The molecule has 0 aromatic carbocycles. The first-order valence-corrected chi connectivity index (χ1v) is 4.72. The van der Waals surface area contributed by atoms with Crippen molar-refractivity contribution in [1.82, 2.24) is 0 Å². The zero-order valence-electron chi connectivity index (χ0n) is 8.02. The first-order valence-electron chi connectivity index (χ1n) is 4.72. The highest BCUT2D eigenvalue weighted by Crippen LogP contribution is 2.55. The lowest BCUT2D eigenvalue weighted by atomic mass is 9.99. The molecule has 1 saturated carbocycles. The Kier molecular flexibility index (Phi) is 2.94. The van der Waals surface area contributed by atoms with Crippen molar-refractivity contribution in [2.45, 2.75) is 39.5 Å². The Hall–Kier alpha value is -0.0400. The fourth-order valence-corrected chi connectivity index (χ4v) is 1.85. The first kappa shape index (κ1) is 9.05. The van der Waals surface area contributed by atoms with Crippen molar-refractivity contribution in [3.63, 3.8) is 0 Å². The van der Waals surface area contributed by atoms with E-state index in [4.69, 9.17) is 4.74 Å². The summed E-state index contributed by atoms with van der Waals surface area (Å²) >= 11 is 0. The number of ether oxygens (including phenoxy) is 1. The molecule has 0 bridgehead atoms. The highest BCUT2D eigenvalue weighted by Gasteiger charge is 2.48. The van der Waals surface area contributed by atoms with E-state index < -0.39 is 0 Å². The number of hydrogen-bond donors (Lipinski definition) is 0. The third-order valence-electron chi connectivity index (χ3n) is 3.01. The highest BCUT2D eigenvalue weighted by molar-refractivity contribution is 4.98. The normalized spacial score (nSPS) is 35.7. The molecule has 66 valence electrons. The molecule has 0 amide bonds. The molecular weight excluding hydrogens is 136 g/mol. The van der Waals surface area contributed by atoms with Crippen LogP contribution in [0.3, 0.4) is 0 Å². The number of methoxy groups -OCH3 is 1. The Balaban J connectivity index is 2.14. The van der Waals surface area contributed by atoms with Crippen molar-refractivity contribution < 1.29 is 4.74 Å². The van der Waals surface area contributed by atoms with Crippen LogP contribution in [0.2, 0.25) is 0 Å². The largest absolute Gasteiger partial charge is 0.384 e. The molecule has 11 heavy (non-hydrogen) atoms. The van der Waals surface area contributed by atoms with Crippen LogP contribution in [0.4, 0.5) is 0 Å². The van der Waals surface area contributed by atoms with E-state index in [1.807, 2.05) is 0 Å². The van der Waals surface area contributed by atoms with E-state index in [0.29, 0.717) is 5.41 Å². The minimum absolute atomic E-state index is 0.645. The van der Waals surface area contributed by atoms with Crippen molar-refractivity contribution in [3.8, 4) is 0 Å². The predicted molar refractivity (Wildman–Crippen MR) is 47.6 cm³/mol. The molecule has 0 aliphatic heterocycles. The summed E-state index contributed by atoms with van der Waals surface area (Å²) in [6.07, 6.45) is 5.50. The molecule has 0 N–H and O–H groups in total. The summed E-state index contributed by atoms with van der Waals surface area (Å²) in [6, 6.07) is 0. The standard InChI is InChI=1S/C10H20O/c1-4-5-6-10(2)7-9(10)8-11-3/h9H,4-8H2,1-3H3. The van der Waals surface area contributed by atoms with Crippen LogP contribution in [0.15, 0.2) is 0 Å². The molecule has 0 heterocycles. The topological polar surface area (TPSA) is 9.23 Å². The minimum atomic E-state index is 0.645. The Labute approximate surface area is 70.1 Å². The van der Waals surface area contributed by atoms with Gasteiger partial charge >= 0.3 is 0 Å². The second kappa shape index (κ2) is 3.57. The van der Waals surface area contributed by atoms with E-state index in [2.05, 4.69) is 13.8 Å². The lowest BCUT2D eigenvalue weighted by Gasteiger charge is -2.08. The summed E-state index contributed by atoms with van der Waals surface area (Å²) < 4.78 is 5.14. The van der Waals surface area contributed by atoms with Crippen LogP contribution in [0.25, 0.3) is 0 Å². The van der Waals surface area contributed by atoms with Crippen molar-refractivity contribution >= 4 is 0 Å². The second-order valence-corrected chi connectivity index (χ2v) is 4.11. The fraction of sp³-hybridized carbons (Fsp3) is 1.00. The highest BCUT2D eigenvalue weighted by atomic mass is 16.5. The predicted octanol–water partition coefficient (Wildman–Crippen LogP) is 2.85. The van der Waals surface area contributed by atoms with E-state index in [0.717, 1.165) is 12.5 Å². The van der Waals surface area contributed by atoms with Gasteiger partial charge in [0, 0.05) is 13.7 Å². The zero-order chi connectivity index (χ0) is 8.32. The monoisotopic (exact) mass is 156 g/mol. The van der Waals surface area contributed by atoms with E-state index in [-0.39, 0.29) is 0 Å².